The molecule has 0 aliphatic rings. The van der Waals surface area contributed by atoms with Crippen LogP contribution in [0.5, 0.6) is 0 Å². The standard InChI is InChI=1S/C15H14O4S/c1-20(18,19)15-6-4-11(5-7-15)12-2-3-13(9-16)14(8-12)10-17/h2-8,10,16H,9H2,1H3. The molecule has 104 valence electrons. The van der Waals surface area contributed by atoms with Crippen LogP contribution in [0.2, 0.25) is 0 Å². The monoisotopic (exact) mass is 290 g/mol. The number of hydrogen-bond acceptors (Lipinski definition) is 4. The Labute approximate surface area is 117 Å². The lowest BCUT2D eigenvalue weighted by molar-refractivity contribution is 0.112. The first kappa shape index (κ1) is 14.4. The molecule has 0 spiro atoms. The number of rotatable bonds is 4. The zero-order chi connectivity index (χ0) is 14.8. The van der Waals surface area contributed by atoms with Gasteiger partial charge in [0, 0.05) is 11.8 Å². The number of carbonyl (C=O) groups excluding carboxylic acids is 1. The van der Waals surface area contributed by atoms with Crippen molar-refractivity contribution in [2.75, 3.05) is 6.26 Å². The maximum atomic E-state index is 11.4. The number of sulfone groups is 1. The molecular formula is C15H14O4S. The predicted octanol–water partition coefficient (Wildman–Crippen LogP) is 2.06. The number of hydrogen-bond donors (Lipinski definition) is 1. The van der Waals surface area contributed by atoms with Crippen molar-refractivity contribution in [2.24, 2.45) is 0 Å². The van der Waals surface area contributed by atoms with E-state index in [0.29, 0.717) is 17.4 Å². The molecule has 2 aromatic rings. The normalized spacial score (nSPS) is 11.3. The van der Waals surface area contributed by atoms with Crippen LogP contribution < -0.4 is 0 Å². The fourth-order valence-electron chi connectivity index (χ4n) is 1.92. The maximum absolute atomic E-state index is 11.4. The van der Waals surface area contributed by atoms with Crippen molar-refractivity contribution in [2.45, 2.75) is 11.5 Å². The molecule has 0 bridgehead atoms. The lowest BCUT2D eigenvalue weighted by atomic mass is 10.00. The fraction of sp³-hybridized carbons (Fsp3) is 0.133. The van der Waals surface area contributed by atoms with Crippen molar-refractivity contribution >= 4 is 16.1 Å². The second-order valence-electron chi connectivity index (χ2n) is 4.49. The maximum Gasteiger partial charge on any atom is 0.175 e. The highest BCUT2D eigenvalue weighted by atomic mass is 32.2. The topological polar surface area (TPSA) is 71.4 Å². The van der Waals surface area contributed by atoms with Gasteiger partial charge in [-0.25, -0.2) is 8.42 Å². The van der Waals surface area contributed by atoms with Gasteiger partial charge in [0.1, 0.15) is 6.29 Å². The van der Waals surface area contributed by atoms with Crippen LogP contribution in [0.25, 0.3) is 11.1 Å². The lowest BCUT2D eigenvalue weighted by Gasteiger charge is -2.07. The van der Waals surface area contributed by atoms with E-state index in [1.165, 1.54) is 12.1 Å². The van der Waals surface area contributed by atoms with Crippen LogP contribution in [0.4, 0.5) is 0 Å². The van der Waals surface area contributed by atoms with Crippen molar-refractivity contribution in [3.63, 3.8) is 0 Å². The molecule has 0 aliphatic heterocycles. The Morgan fingerprint density at radius 3 is 2.15 bits per heavy atom. The highest BCUT2D eigenvalue weighted by Crippen LogP contribution is 2.23. The van der Waals surface area contributed by atoms with E-state index >= 15 is 0 Å². The van der Waals surface area contributed by atoms with Crippen LogP contribution >= 0.6 is 0 Å². The third kappa shape index (κ3) is 2.95. The van der Waals surface area contributed by atoms with Gasteiger partial charge < -0.3 is 5.11 Å². The highest BCUT2D eigenvalue weighted by molar-refractivity contribution is 7.90. The first-order chi connectivity index (χ1) is 9.45. The summed E-state index contributed by atoms with van der Waals surface area (Å²) in [5.74, 6) is 0. The van der Waals surface area contributed by atoms with Gasteiger partial charge in [-0.3, -0.25) is 4.79 Å². The summed E-state index contributed by atoms with van der Waals surface area (Å²) < 4.78 is 22.8. The summed E-state index contributed by atoms with van der Waals surface area (Å²) in [4.78, 5) is 11.2. The Morgan fingerprint density at radius 2 is 1.65 bits per heavy atom. The second-order valence-corrected chi connectivity index (χ2v) is 6.50. The molecule has 5 heteroatoms. The summed E-state index contributed by atoms with van der Waals surface area (Å²) >= 11 is 0. The zero-order valence-electron chi connectivity index (χ0n) is 10.9. The van der Waals surface area contributed by atoms with Gasteiger partial charge in [-0.1, -0.05) is 24.3 Å². The van der Waals surface area contributed by atoms with E-state index in [2.05, 4.69) is 0 Å². The number of aliphatic hydroxyl groups is 1. The molecule has 0 radical (unpaired) electrons. The third-order valence-electron chi connectivity index (χ3n) is 3.06. The molecule has 0 saturated heterocycles. The van der Waals surface area contributed by atoms with Crippen LogP contribution in [0.3, 0.4) is 0 Å². The number of benzene rings is 2. The van der Waals surface area contributed by atoms with Crippen LogP contribution in [-0.4, -0.2) is 26.1 Å². The first-order valence-corrected chi connectivity index (χ1v) is 7.84. The first-order valence-electron chi connectivity index (χ1n) is 5.95. The van der Waals surface area contributed by atoms with Crippen molar-refractivity contribution in [3.05, 3.63) is 53.6 Å². The summed E-state index contributed by atoms with van der Waals surface area (Å²) in [5.41, 5.74) is 2.60. The molecule has 2 aromatic carbocycles. The molecule has 20 heavy (non-hydrogen) atoms. The van der Waals surface area contributed by atoms with Crippen molar-refractivity contribution in [1.82, 2.24) is 0 Å². The van der Waals surface area contributed by atoms with Gasteiger partial charge in [0.05, 0.1) is 11.5 Å². The van der Waals surface area contributed by atoms with E-state index in [4.69, 9.17) is 5.11 Å². The fourth-order valence-corrected chi connectivity index (χ4v) is 2.55. The van der Waals surface area contributed by atoms with Crippen molar-refractivity contribution in [3.8, 4) is 11.1 Å². The molecule has 0 unspecified atom stereocenters. The van der Waals surface area contributed by atoms with Crippen LogP contribution in [0.15, 0.2) is 47.4 Å². The molecule has 0 aliphatic carbocycles. The minimum atomic E-state index is -3.21. The summed E-state index contributed by atoms with van der Waals surface area (Å²) in [5, 5.41) is 9.11. The van der Waals surface area contributed by atoms with Crippen LogP contribution in [-0.2, 0) is 16.4 Å². The zero-order valence-corrected chi connectivity index (χ0v) is 11.7. The van der Waals surface area contributed by atoms with Gasteiger partial charge in [0.15, 0.2) is 9.84 Å². The average Bonchev–Trinajstić information content (AvgIpc) is 2.45. The molecule has 0 heterocycles. The average molecular weight is 290 g/mol. The molecular weight excluding hydrogens is 276 g/mol. The smallest absolute Gasteiger partial charge is 0.175 e. The lowest BCUT2D eigenvalue weighted by Crippen LogP contribution is -1.96. The molecule has 1 N–H and O–H groups in total. The molecule has 4 nitrogen and oxygen atoms in total. The SMILES string of the molecule is CS(=O)(=O)c1ccc(-c2ccc(CO)c(C=O)c2)cc1. The Bertz CT molecular complexity index is 731. The van der Waals surface area contributed by atoms with Crippen molar-refractivity contribution in [1.29, 1.82) is 0 Å². The van der Waals surface area contributed by atoms with Crippen LogP contribution in [0.1, 0.15) is 15.9 Å². The van der Waals surface area contributed by atoms with E-state index in [1.807, 2.05) is 0 Å². The minimum Gasteiger partial charge on any atom is -0.392 e. The third-order valence-corrected chi connectivity index (χ3v) is 4.19. The van der Waals surface area contributed by atoms with Gasteiger partial charge in [-0.2, -0.15) is 0 Å². The van der Waals surface area contributed by atoms with E-state index in [-0.39, 0.29) is 11.5 Å². The molecule has 0 saturated carbocycles. The molecule has 0 aromatic heterocycles. The second kappa shape index (κ2) is 5.56. The predicted molar refractivity (Wildman–Crippen MR) is 76.3 cm³/mol. The Morgan fingerprint density at radius 1 is 1.05 bits per heavy atom. The minimum absolute atomic E-state index is 0.193. The number of carbonyl (C=O) groups is 1. The summed E-state index contributed by atoms with van der Waals surface area (Å²) in [6, 6.07) is 11.6. The number of aldehydes is 1. The van der Waals surface area contributed by atoms with Gasteiger partial charge in [-0.15, -0.1) is 0 Å². The van der Waals surface area contributed by atoms with Gasteiger partial charge in [0.2, 0.25) is 0 Å². The van der Waals surface area contributed by atoms with Crippen LogP contribution in [0, 0.1) is 0 Å². The van der Waals surface area contributed by atoms with Gasteiger partial charge in [0.25, 0.3) is 0 Å². The molecule has 0 atom stereocenters. The Hall–Kier alpha value is -1.98. The van der Waals surface area contributed by atoms with Gasteiger partial charge >= 0.3 is 0 Å². The Kier molecular flexibility index (Phi) is 4.01. The largest absolute Gasteiger partial charge is 0.392 e. The van der Waals surface area contributed by atoms with E-state index < -0.39 is 9.84 Å². The summed E-state index contributed by atoms with van der Waals surface area (Å²) in [6.07, 6.45) is 1.85. The number of aliphatic hydroxyl groups excluding tert-OH is 1. The quantitative estimate of drug-likeness (QED) is 0.875. The van der Waals surface area contributed by atoms with Crippen molar-refractivity contribution < 1.29 is 18.3 Å². The highest BCUT2D eigenvalue weighted by Gasteiger charge is 2.08. The van der Waals surface area contributed by atoms with E-state index in [0.717, 1.165) is 17.4 Å². The van der Waals surface area contributed by atoms with E-state index in [9.17, 15) is 13.2 Å². The Balaban J connectivity index is 2.44. The summed E-state index contributed by atoms with van der Waals surface area (Å²) in [6.45, 7) is -0.193. The molecule has 0 fully saturated rings. The summed E-state index contributed by atoms with van der Waals surface area (Å²) in [7, 11) is -3.21. The molecule has 0 amide bonds. The van der Waals surface area contributed by atoms with E-state index in [1.54, 1.807) is 30.3 Å². The molecule has 2 rings (SSSR count). The van der Waals surface area contributed by atoms with Gasteiger partial charge in [-0.05, 0) is 34.9 Å².